The van der Waals surface area contributed by atoms with Crippen LogP contribution in [0.3, 0.4) is 0 Å². The van der Waals surface area contributed by atoms with Gasteiger partial charge in [-0.05, 0) is 23.5 Å². The Kier molecular flexibility index (Phi) is 4.19. The number of rotatable bonds is 4. The Labute approximate surface area is 121 Å². The first-order valence-corrected chi connectivity index (χ1v) is 10.7. The van der Waals surface area contributed by atoms with Crippen molar-refractivity contribution in [2.75, 3.05) is 12.5 Å². The highest BCUT2D eigenvalue weighted by Crippen LogP contribution is 2.27. The van der Waals surface area contributed by atoms with E-state index >= 15 is 0 Å². The Morgan fingerprint density at radius 2 is 1.30 bits per heavy atom. The fourth-order valence-electron chi connectivity index (χ4n) is 1.80. The predicted molar refractivity (Wildman–Crippen MR) is 82.7 cm³/mol. The maximum Gasteiger partial charge on any atom is 0.175 e. The standard InChI is InChI=1S/C13H15O4PS2/c1-19(14,15)12-7-11(18-10-5-3-4-6-10)8-13(9-12)20(2,16)17/h3-10,18H,1-2H3. The molecule has 1 unspecified atom stereocenters. The van der Waals surface area contributed by atoms with Gasteiger partial charge in [0.1, 0.15) is 0 Å². The molecule has 20 heavy (non-hydrogen) atoms. The highest BCUT2D eigenvalue weighted by Gasteiger charge is 2.16. The van der Waals surface area contributed by atoms with Crippen molar-refractivity contribution < 1.29 is 16.8 Å². The van der Waals surface area contributed by atoms with Gasteiger partial charge >= 0.3 is 0 Å². The van der Waals surface area contributed by atoms with Gasteiger partial charge in [0.15, 0.2) is 19.7 Å². The van der Waals surface area contributed by atoms with Crippen LogP contribution < -0.4 is 5.30 Å². The van der Waals surface area contributed by atoms with Crippen LogP contribution in [0.15, 0.2) is 52.3 Å². The summed E-state index contributed by atoms with van der Waals surface area (Å²) in [6.45, 7) is 0. The number of hydrogen-bond donors (Lipinski definition) is 0. The lowest BCUT2D eigenvalue weighted by Gasteiger charge is -2.10. The van der Waals surface area contributed by atoms with E-state index in [1.165, 1.54) is 6.07 Å². The maximum atomic E-state index is 11.7. The van der Waals surface area contributed by atoms with Gasteiger partial charge in [-0.2, -0.15) is 0 Å². The summed E-state index contributed by atoms with van der Waals surface area (Å²) >= 11 is 0. The van der Waals surface area contributed by atoms with Gasteiger partial charge in [-0.3, -0.25) is 0 Å². The lowest BCUT2D eigenvalue weighted by molar-refractivity contribution is 0.600. The summed E-state index contributed by atoms with van der Waals surface area (Å²) < 4.78 is 46.7. The van der Waals surface area contributed by atoms with E-state index < -0.39 is 19.7 Å². The smallest absolute Gasteiger partial charge is 0.175 e. The molecule has 0 amide bonds. The van der Waals surface area contributed by atoms with Gasteiger partial charge in [-0.25, -0.2) is 16.8 Å². The van der Waals surface area contributed by atoms with Crippen LogP contribution >= 0.6 is 8.58 Å². The van der Waals surface area contributed by atoms with Gasteiger partial charge in [0.2, 0.25) is 0 Å². The van der Waals surface area contributed by atoms with Crippen molar-refractivity contribution in [3.8, 4) is 0 Å². The van der Waals surface area contributed by atoms with E-state index in [0.29, 0.717) is 8.58 Å². The molecular weight excluding hydrogens is 315 g/mol. The zero-order valence-electron chi connectivity index (χ0n) is 11.1. The Bertz CT molecular complexity index is 727. The molecule has 0 radical (unpaired) electrons. The van der Waals surface area contributed by atoms with Gasteiger partial charge in [0.05, 0.1) is 9.79 Å². The molecule has 1 aromatic rings. The van der Waals surface area contributed by atoms with Gasteiger partial charge in [0, 0.05) is 18.2 Å². The van der Waals surface area contributed by atoms with Crippen molar-refractivity contribution in [1.82, 2.24) is 0 Å². The molecule has 0 saturated carbocycles. The van der Waals surface area contributed by atoms with Gasteiger partial charge < -0.3 is 0 Å². The van der Waals surface area contributed by atoms with Crippen LogP contribution in [0, 0.1) is 0 Å². The molecule has 1 aliphatic rings. The average molecular weight is 330 g/mol. The van der Waals surface area contributed by atoms with E-state index in [9.17, 15) is 16.8 Å². The topological polar surface area (TPSA) is 68.3 Å². The van der Waals surface area contributed by atoms with Crippen LogP contribution in [0.25, 0.3) is 0 Å². The monoisotopic (exact) mass is 330 g/mol. The van der Waals surface area contributed by atoms with E-state index in [2.05, 4.69) is 0 Å². The minimum atomic E-state index is -3.44. The van der Waals surface area contributed by atoms with Crippen molar-refractivity contribution in [3.05, 3.63) is 42.5 Å². The first-order chi connectivity index (χ1) is 9.16. The van der Waals surface area contributed by atoms with Crippen LogP contribution in [0.1, 0.15) is 0 Å². The van der Waals surface area contributed by atoms with Crippen LogP contribution in [-0.4, -0.2) is 35.0 Å². The predicted octanol–water partition coefficient (Wildman–Crippen LogP) is 1.29. The van der Waals surface area contributed by atoms with E-state index in [0.717, 1.165) is 17.8 Å². The molecule has 0 saturated heterocycles. The third-order valence-corrected chi connectivity index (χ3v) is 6.34. The Morgan fingerprint density at radius 3 is 1.70 bits per heavy atom. The lowest BCUT2D eigenvalue weighted by atomic mass is 10.4. The van der Waals surface area contributed by atoms with Crippen molar-refractivity contribution >= 4 is 33.6 Å². The minimum absolute atomic E-state index is 0.0499. The molecule has 0 aliphatic heterocycles. The largest absolute Gasteiger partial charge is 0.224 e. The van der Waals surface area contributed by atoms with Gasteiger partial charge in [-0.1, -0.05) is 32.9 Å². The van der Waals surface area contributed by atoms with Crippen molar-refractivity contribution in [2.24, 2.45) is 0 Å². The summed E-state index contributed by atoms with van der Waals surface area (Å²) in [6.07, 6.45) is 10.0. The second-order valence-corrected chi connectivity index (χ2v) is 10.2. The Morgan fingerprint density at radius 1 is 0.850 bits per heavy atom. The van der Waals surface area contributed by atoms with Crippen LogP contribution in [0.5, 0.6) is 0 Å². The first kappa shape index (κ1) is 15.4. The summed E-state index contributed by atoms with van der Waals surface area (Å²) in [4.78, 5) is 0.0998. The van der Waals surface area contributed by atoms with Gasteiger partial charge in [-0.15, -0.1) is 0 Å². The average Bonchev–Trinajstić information content (AvgIpc) is 2.79. The summed E-state index contributed by atoms with van der Waals surface area (Å²) in [5.74, 6) is 0. The van der Waals surface area contributed by atoms with Gasteiger partial charge in [0.25, 0.3) is 0 Å². The quantitative estimate of drug-likeness (QED) is 0.780. The second kappa shape index (κ2) is 5.43. The molecule has 108 valence electrons. The molecular formula is C13H15O4PS2. The molecule has 0 bridgehead atoms. The lowest BCUT2D eigenvalue weighted by Crippen LogP contribution is -2.10. The molecule has 4 nitrogen and oxygen atoms in total. The Hall–Kier alpha value is -0.970. The molecule has 2 rings (SSSR count). The van der Waals surface area contributed by atoms with Crippen LogP contribution in [-0.2, 0) is 19.7 Å². The number of hydrogen-bond acceptors (Lipinski definition) is 4. The summed E-state index contributed by atoms with van der Waals surface area (Å²) in [7, 11) is -6.57. The summed E-state index contributed by atoms with van der Waals surface area (Å²) in [6, 6.07) is 4.34. The number of benzene rings is 1. The minimum Gasteiger partial charge on any atom is -0.224 e. The second-order valence-electron chi connectivity index (χ2n) is 4.68. The third-order valence-electron chi connectivity index (χ3n) is 2.82. The number of allylic oxidation sites excluding steroid dienone is 4. The van der Waals surface area contributed by atoms with E-state index in [1.54, 1.807) is 12.1 Å². The third kappa shape index (κ3) is 3.78. The summed E-state index contributed by atoms with van der Waals surface area (Å²) in [5, 5.41) is 0.731. The zero-order valence-corrected chi connectivity index (χ0v) is 13.7. The van der Waals surface area contributed by atoms with Crippen molar-refractivity contribution in [3.63, 3.8) is 0 Å². The number of sulfone groups is 2. The molecule has 0 N–H and O–H groups in total. The molecule has 1 atom stereocenters. The maximum absolute atomic E-state index is 11.7. The SMILES string of the molecule is CS(=O)(=O)c1cc(PC2C=CC=C2)cc(S(C)(=O)=O)c1. The van der Waals surface area contributed by atoms with Crippen molar-refractivity contribution in [2.45, 2.75) is 15.4 Å². The first-order valence-electron chi connectivity index (χ1n) is 5.83. The molecule has 1 aliphatic carbocycles. The van der Waals surface area contributed by atoms with E-state index in [-0.39, 0.29) is 15.4 Å². The fourth-order valence-corrected chi connectivity index (χ4v) is 4.73. The fraction of sp³-hybridized carbons (Fsp3) is 0.231. The summed E-state index contributed by atoms with van der Waals surface area (Å²) in [5.41, 5.74) is 0.206. The highest BCUT2D eigenvalue weighted by molar-refractivity contribution is 7.91. The molecule has 1 aromatic carbocycles. The molecule has 0 aromatic heterocycles. The Balaban J connectivity index is 2.51. The molecule has 0 heterocycles. The molecule has 7 heteroatoms. The van der Waals surface area contributed by atoms with Crippen LogP contribution in [0.4, 0.5) is 0 Å². The van der Waals surface area contributed by atoms with E-state index in [1.807, 2.05) is 24.3 Å². The van der Waals surface area contributed by atoms with Crippen LogP contribution in [0.2, 0.25) is 0 Å². The molecule has 0 spiro atoms. The highest BCUT2D eigenvalue weighted by atomic mass is 32.2. The molecule has 0 fully saturated rings. The van der Waals surface area contributed by atoms with Crippen molar-refractivity contribution in [1.29, 1.82) is 0 Å². The van der Waals surface area contributed by atoms with E-state index in [4.69, 9.17) is 0 Å². The normalized spacial score (nSPS) is 16.5. The zero-order chi connectivity index (χ0) is 15.0.